The minimum atomic E-state index is -3.53. The molecule has 1 atom stereocenters. The van der Waals surface area contributed by atoms with E-state index in [1.807, 2.05) is 38.1 Å². The summed E-state index contributed by atoms with van der Waals surface area (Å²) in [5.74, 6) is 1.68. The highest BCUT2D eigenvalue weighted by molar-refractivity contribution is 7.89. The Kier molecular flexibility index (Phi) is 6.62. The fourth-order valence-electron chi connectivity index (χ4n) is 3.59. The Morgan fingerprint density at radius 3 is 2.21 bits per heavy atom. The average Bonchev–Trinajstić information content (AvgIpc) is 2.95. The zero-order chi connectivity index (χ0) is 20.1. The van der Waals surface area contributed by atoms with Crippen LogP contribution in [0.1, 0.15) is 44.6 Å². The van der Waals surface area contributed by atoms with Crippen molar-refractivity contribution >= 4 is 10.0 Å². The second-order valence-electron chi connectivity index (χ2n) is 7.47. The number of benzene rings is 2. The van der Waals surface area contributed by atoms with E-state index in [4.69, 9.17) is 9.47 Å². The molecule has 28 heavy (non-hydrogen) atoms. The molecular formula is C22H29NO4S. The fourth-order valence-corrected chi connectivity index (χ4v) is 5.11. The summed E-state index contributed by atoms with van der Waals surface area (Å²) in [4.78, 5) is 0.319. The van der Waals surface area contributed by atoms with Gasteiger partial charge in [-0.15, -0.1) is 0 Å². The van der Waals surface area contributed by atoms with Crippen LogP contribution in [0, 0.1) is 0 Å². The number of hydrogen-bond donors (Lipinski definition) is 0. The summed E-state index contributed by atoms with van der Waals surface area (Å²) < 4.78 is 38.9. The summed E-state index contributed by atoms with van der Waals surface area (Å²) >= 11 is 0. The SMILES string of the molecule is COc1ccc(C2CCCCN(S(=O)(=O)c3ccc(OC(C)C)cc3)C2)cc1. The molecule has 0 saturated carbocycles. The Morgan fingerprint density at radius 2 is 1.61 bits per heavy atom. The first kappa shape index (κ1) is 20.7. The molecule has 2 aromatic carbocycles. The second kappa shape index (κ2) is 8.97. The monoisotopic (exact) mass is 403 g/mol. The highest BCUT2D eigenvalue weighted by Gasteiger charge is 2.29. The van der Waals surface area contributed by atoms with Crippen molar-refractivity contribution in [1.29, 1.82) is 0 Å². The Hall–Kier alpha value is -2.05. The third-order valence-electron chi connectivity index (χ3n) is 5.05. The molecule has 5 nitrogen and oxygen atoms in total. The Labute approximate surface area is 168 Å². The molecule has 1 aliphatic rings. The lowest BCUT2D eigenvalue weighted by Gasteiger charge is -2.24. The largest absolute Gasteiger partial charge is 0.497 e. The molecule has 0 bridgehead atoms. The zero-order valence-electron chi connectivity index (χ0n) is 16.8. The molecule has 1 heterocycles. The molecule has 6 heteroatoms. The molecule has 1 fully saturated rings. The van der Waals surface area contributed by atoms with Crippen molar-refractivity contribution < 1.29 is 17.9 Å². The van der Waals surface area contributed by atoms with Gasteiger partial charge in [-0.25, -0.2) is 8.42 Å². The highest BCUT2D eigenvalue weighted by Crippen LogP contribution is 2.31. The standard InChI is InChI=1S/C22H29NO4S/c1-17(2)27-21-11-13-22(14-12-21)28(24,25)23-15-5-4-6-19(16-23)18-7-9-20(26-3)10-8-18/h7-14,17,19H,4-6,15-16H2,1-3H3. The van der Waals surface area contributed by atoms with Gasteiger partial charge in [0.15, 0.2) is 0 Å². The van der Waals surface area contributed by atoms with Crippen molar-refractivity contribution in [2.45, 2.75) is 50.0 Å². The topological polar surface area (TPSA) is 55.8 Å². The summed E-state index contributed by atoms with van der Waals surface area (Å²) in [6.45, 7) is 4.94. The van der Waals surface area contributed by atoms with Crippen molar-refractivity contribution in [2.75, 3.05) is 20.2 Å². The minimum absolute atomic E-state index is 0.0540. The summed E-state index contributed by atoms with van der Waals surface area (Å²) in [6.07, 6.45) is 2.93. The summed E-state index contributed by atoms with van der Waals surface area (Å²) in [7, 11) is -1.89. The first-order valence-electron chi connectivity index (χ1n) is 9.81. The van der Waals surface area contributed by atoms with Gasteiger partial charge in [0.25, 0.3) is 0 Å². The molecule has 152 valence electrons. The van der Waals surface area contributed by atoms with Gasteiger partial charge in [0.2, 0.25) is 10.0 Å². The summed E-state index contributed by atoms with van der Waals surface area (Å²) in [6, 6.07) is 14.7. The highest BCUT2D eigenvalue weighted by atomic mass is 32.2. The van der Waals surface area contributed by atoms with Crippen molar-refractivity contribution in [1.82, 2.24) is 4.31 Å². The molecule has 3 rings (SSSR count). The molecule has 1 saturated heterocycles. The van der Waals surface area contributed by atoms with E-state index in [0.29, 0.717) is 23.7 Å². The van der Waals surface area contributed by atoms with Crippen LogP contribution >= 0.6 is 0 Å². The number of hydrogen-bond acceptors (Lipinski definition) is 4. The normalized spacial score (nSPS) is 18.6. The van der Waals surface area contributed by atoms with Crippen LogP contribution < -0.4 is 9.47 Å². The van der Waals surface area contributed by atoms with Gasteiger partial charge in [0, 0.05) is 13.1 Å². The number of nitrogens with zero attached hydrogens (tertiary/aromatic N) is 1. The predicted molar refractivity (Wildman–Crippen MR) is 111 cm³/mol. The molecule has 1 aliphatic heterocycles. The van der Waals surface area contributed by atoms with Crippen molar-refractivity contribution in [3.8, 4) is 11.5 Å². The summed E-state index contributed by atoms with van der Waals surface area (Å²) in [5, 5.41) is 0. The second-order valence-corrected chi connectivity index (χ2v) is 9.40. The van der Waals surface area contributed by atoms with Gasteiger partial charge < -0.3 is 9.47 Å². The van der Waals surface area contributed by atoms with Gasteiger partial charge in [-0.05, 0) is 74.6 Å². The molecule has 2 aromatic rings. The van der Waals surface area contributed by atoms with E-state index >= 15 is 0 Å². The van der Waals surface area contributed by atoms with Crippen LogP contribution in [0.25, 0.3) is 0 Å². The maximum Gasteiger partial charge on any atom is 0.243 e. The van der Waals surface area contributed by atoms with E-state index in [9.17, 15) is 8.42 Å². The molecule has 0 amide bonds. The molecule has 0 spiro atoms. The third-order valence-corrected chi connectivity index (χ3v) is 6.93. The quantitative estimate of drug-likeness (QED) is 0.715. The van der Waals surface area contributed by atoms with Crippen molar-refractivity contribution in [3.05, 3.63) is 54.1 Å². The van der Waals surface area contributed by atoms with Crippen LogP contribution in [0.3, 0.4) is 0 Å². The van der Waals surface area contributed by atoms with Gasteiger partial charge in [-0.3, -0.25) is 0 Å². The van der Waals surface area contributed by atoms with Gasteiger partial charge in [0.1, 0.15) is 11.5 Å². The number of ether oxygens (including phenoxy) is 2. The zero-order valence-corrected chi connectivity index (χ0v) is 17.6. The van der Waals surface area contributed by atoms with E-state index < -0.39 is 10.0 Å². The van der Waals surface area contributed by atoms with Crippen molar-refractivity contribution in [3.63, 3.8) is 0 Å². The molecular weight excluding hydrogens is 374 g/mol. The van der Waals surface area contributed by atoms with E-state index in [2.05, 4.69) is 0 Å². The van der Waals surface area contributed by atoms with Crippen LogP contribution in [-0.2, 0) is 10.0 Å². The van der Waals surface area contributed by atoms with E-state index in [-0.39, 0.29) is 12.0 Å². The van der Waals surface area contributed by atoms with Crippen LogP contribution in [-0.4, -0.2) is 39.0 Å². The first-order valence-corrected chi connectivity index (χ1v) is 11.2. The van der Waals surface area contributed by atoms with E-state index in [0.717, 1.165) is 30.6 Å². The van der Waals surface area contributed by atoms with E-state index in [1.54, 1.807) is 35.7 Å². The summed E-state index contributed by atoms with van der Waals surface area (Å²) in [5.41, 5.74) is 1.16. The van der Waals surface area contributed by atoms with Crippen LogP contribution in [0.15, 0.2) is 53.4 Å². The lowest BCUT2D eigenvalue weighted by atomic mass is 9.94. The fraction of sp³-hybridized carbons (Fsp3) is 0.455. The Balaban J connectivity index is 1.79. The number of methoxy groups -OCH3 is 1. The number of rotatable bonds is 6. The van der Waals surface area contributed by atoms with Crippen LogP contribution in [0.5, 0.6) is 11.5 Å². The Bertz CT molecular complexity index is 860. The molecule has 0 aliphatic carbocycles. The molecule has 0 radical (unpaired) electrons. The van der Waals surface area contributed by atoms with Gasteiger partial charge in [-0.2, -0.15) is 4.31 Å². The lowest BCUT2D eigenvalue weighted by molar-refractivity contribution is 0.242. The van der Waals surface area contributed by atoms with Crippen molar-refractivity contribution in [2.24, 2.45) is 0 Å². The smallest absolute Gasteiger partial charge is 0.243 e. The average molecular weight is 404 g/mol. The Morgan fingerprint density at radius 1 is 0.964 bits per heavy atom. The maximum absolute atomic E-state index is 13.2. The number of sulfonamides is 1. The van der Waals surface area contributed by atoms with Gasteiger partial charge in [-0.1, -0.05) is 18.6 Å². The van der Waals surface area contributed by atoms with Crippen LogP contribution in [0.2, 0.25) is 0 Å². The predicted octanol–water partition coefficient (Wildman–Crippen LogP) is 4.44. The lowest BCUT2D eigenvalue weighted by Crippen LogP contribution is -2.34. The molecule has 1 unspecified atom stereocenters. The molecule has 0 N–H and O–H groups in total. The molecule has 0 aromatic heterocycles. The third kappa shape index (κ3) is 4.86. The van der Waals surface area contributed by atoms with E-state index in [1.165, 1.54) is 0 Å². The minimum Gasteiger partial charge on any atom is -0.497 e. The van der Waals surface area contributed by atoms with Gasteiger partial charge >= 0.3 is 0 Å². The van der Waals surface area contributed by atoms with Gasteiger partial charge in [0.05, 0.1) is 18.1 Å². The first-order chi connectivity index (χ1) is 13.4. The maximum atomic E-state index is 13.2. The van der Waals surface area contributed by atoms with Crippen LogP contribution in [0.4, 0.5) is 0 Å².